The maximum atomic E-state index is 11.2. The summed E-state index contributed by atoms with van der Waals surface area (Å²) in [7, 11) is 0. The summed E-state index contributed by atoms with van der Waals surface area (Å²) in [6.07, 6.45) is 7.75. The van der Waals surface area contributed by atoms with Gasteiger partial charge in [0.15, 0.2) is 5.76 Å². The summed E-state index contributed by atoms with van der Waals surface area (Å²) >= 11 is 0. The molecule has 0 saturated carbocycles. The van der Waals surface area contributed by atoms with Gasteiger partial charge in [0.2, 0.25) is 11.8 Å². The molecule has 4 aromatic rings. The zero-order chi connectivity index (χ0) is 30.2. The molecule has 220 valence electrons. The Morgan fingerprint density at radius 2 is 1.91 bits per heavy atom. The van der Waals surface area contributed by atoms with E-state index >= 15 is 0 Å². The number of carboxylic acids is 1. The number of aromatic nitrogens is 1. The number of nitrogens with zero attached hydrogens (tertiary/aromatic N) is 2. The van der Waals surface area contributed by atoms with Crippen molar-refractivity contribution in [3.63, 3.8) is 0 Å². The topological polar surface area (TPSA) is 158 Å². The maximum Gasteiger partial charge on any atom is 0.335 e. The number of oxazole rings is 1. The average Bonchev–Trinajstić information content (AvgIpc) is 3.52. The molecule has 3 aromatic carbocycles. The van der Waals surface area contributed by atoms with Gasteiger partial charge in [-0.3, -0.25) is 15.0 Å². The summed E-state index contributed by atoms with van der Waals surface area (Å²) in [5, 5.41) is 26.8. The van der Waals surface area contributed by atoms with Gasteiger partial charge in [-0.15, -0.1) is 0 Å². The van der Waals surface area contributed by atoms with Crippen LogP contribution in [0.4, 0.5) is 5.69 Å². The number of nitrogens with one attached hydrogen (secondary N) is 2. The van der Waals surface area contributed by atoms with E-state index in [-0.39, 0.29) is 24.5 Å². The fourth-order valence-electron chi connectivity index (χ4n) is 5.05. The van der Waals surface area contributed by atoms with Gasteiger partial charge in [-0.25, -0.2) is 15.3 Å². The standard InChI is InChI=1S/C33H32N4O6/c34-31-22(5-1-4-21-9-11-23(12-10-21)33(39)40)7-3-16-35-28-14-13-24(19-27(28)31)29-20-36-32(43-29)25-6-2-8-26(18-25)42-17-15-30(38)37-41/h2,6,8-14,16,18-20,22,34,41H,1,3-5,7,15,17H2,(H,37,38)(H,39,40). The molecular formula is C33H32N4O6. The third kappa shape index (κ3) is 7.41. The summed E-state index contributed by atoms with van der Waals surface area (Å²) in [6.45, 7) is 0.108. The van der Waals surface area contributed by atoms with Crippen LogP contribution in [-0.2, 0) is 11.2 Å². The molecule has 1 atom stereocenters. The molecule has 0 aliphatic carbocycles. The molecular weight excluding hydrogens is 548 g/mol. The molecule has 5 rings (SSSR count). The molecule has 4 N–H and O–H groups in total. The first-order chi connectivity index (χ1) is 20.9. The highest BCUT2D eigenvalue weighted by molar-refractivity contribution is 6.05. The normalized spacial score (nSPS) is 14.4. The fourth-order valence-corrected chi connectivity index (χ4v) is 5.05. The molecule has 1 aromatic heterocycles. The van der Waals surface area contributed by atoms with Gasteiger partial charge in [0, 0.05) is 34.5 Å². The van der Waals surface area contributed by atoms with Crippen LogP contribution in [0.15, 0.2) is 82.3 Å². The highest BCUT2D eigenvalue weighted by Crippen LogP contribution is 2.34. The Hall–Kier alpha value is -5.09. The Bertz CT molecular complexity index is 1640. The highest BCUT2D eigenvalue weighted by Gasteiger charge is 2.21. The molecule has 1 aliphatic rings. The number of carbonyl (C=O) groups is 2. The van der Waals surface area contributed by atoms with E-state index < -0.39 is 11.9 Å². The summed E-state index contributed by atoms with van der Waals surface area (Å²) < 4.78 is 11.7. The molecule has 1 aliphatic heterocycles. The first-order valence-corrected chi connectivity index (χ1v) is 14.1. The number of hydrogen-bond acceptors (Lipinski definition) is 8. The number of rotatable bonds is 11. The lowest BCUT2D eigenvalue weighted by molar-refractivity contribution is -0.129. The van der Waals surface area contributed by atoms with Crippen LogP contribution in [0, 0.1) is 11.3 Å². The van der Waals surface area contributed by atoms with Crippen molar-refractivity contribution >= 4 is 29.5 Å². The largest absolute Gasteiger partial charge is 0.493 e. The quantitative estimate of drug-likeness (QED) is 0.117. The van der Waals surface area contributed by atoms with Gasteiger partial charge in [-0.1, -0.05) is 18.2 Å². The number of fused-ring (bicyclic) bond motifs is 1. The van der Waals surface area contributed by atoms with Crippen LogP contribution in [0.25, 0.3) is 22.8 Å². The first-order valence-electron chi connectivity index (χ1n) is 14.1. The third-order valence-electron chi connectivity index (χ3n) is 7.38. The van der Waals surface area contributed by atoms with Crippen LogP contribution < -0.4 is 10.2 Å². The number of carboxylic acid groups (broad SMARTS) is 1. The fraction of sp³-hybridized carbons (Fsp3) is 0.242. The van der Waals surface area contributed by atoms with Crippen LogP contribution >= 0.6 is 0 Å². The van der Waals surface area contributed by atoms with Gasteiger partial charge in [0.1, 0.15) is 5.75 Å². The highest BCUT2D eigenvalue weighted by atomic mass is 16.5. The van der Waals surface area contributed by atoms with Crippen molar-refractivity contribution in [1.29, 1.82) is 5.41 Å². The summed E-state index contributed by atoms with van der Waals surface area (Å²) in [4.78, 5) is 31.4. The number of hydroxylamine groups is 1. The van der Waals surface area contributed by atoms with E-state index in [1.807, 2.05) is 42.6 Å². The van der Waals surface area contributed by atoms with E-state index in [4.69, 9.17) is 24.9 Å². The maximum absolute atomic E-state index is 11.2. The van der Waals surface area contributed by atoms with E-state index in [9.17, 15) is 9.59 Å². The lowest BCUT2D eigenvalue weighted by Gasteiger charge is -2.21. The van der Waals surface area contributed by atoms with E-state index in [1.165, 1.54) is 0 Å². The smallest absolute Gasteiger partial charge is 0.335 e. The van der Waals surface area contributed by atoms with Gasteiger partial charge in [-0.05, 0) is 86.2 Å². The number of carbonyl (C=O) groups excluding carboxylic acids is 1. The molecule has 0 radical (unpaired) electrons. The van der Waals surface area contributed by atoms with Crippen LogP contribution in [0.5, 0.6) is 5.75 Å². The predicted molar refractivity (Wildman–Crippen MR) is 161 cm³/mol. The number of aliphatic imine (C=N–C) groups is 1. The van der Waals surface area contributed by atoms with Crippen molar-refractivity contribution in [2.45, 2.75) is 38.5 Å². The Labute approximate surface area is 248 Å². The van der Waals surface area contributed by atoms with Crippen molar-refractivity contribution in [3.8, 4) is 28.5 Å². The van der Waals surface area contributed by atoms with Crippen molar-refractivity contribution in [3.05, 3.63) is 89.6 Å². The van der Waals surface area contributed by atoms with E-state index in [0.717, 1.165) is 54.5 Å². The van der Waals surface area contributed by atoms with Gasteiger partial charge in [0.05, 0.1) is 30.5 Å². The van der Waals surface area contributed by atoms with Crippen molar-refractivity contribution in [2.24, 2.45) is 10.9 Å². The number of benzene rings is 3. The van der Waals surface area contributed by atoms with Crippen molar-refractivity contribution in [2.75, 3.05) is 6.61 Å². The minimum atomic E-state index is -0.932. The second kappa shape index (κ2) is 13.7. The second-order valence-electron chi connectivity index (χ2n) is 10.3. The summed E-state index contributed by atoms with van der Waals surface area (Å²) in [6, 6.07) is 19.9. The van der Waals surface area contributed by atoms with E-state index in [0.29, 0.717) is 28.7 Å². The number of hydrogen-bond donors (Lipinski definition) is 4. The van der Waals surface area contributed by atoms with Crippen LogP contribution in [0.1, 0.15) is 53.6 Å². The van der Waals surface area contributed by atoms with Crippen LogP contribution in [-0.4, -0.2) is 45.7 Å². The molecule has 0 saturated heterocycles. The molecule has 10 heteroatoms. The third-order valence-corrected chi connectivity index (χ3v) is 7.38. The molecule has 0 fully saturated rings. The van der Waals surface area contributed by atoms with E-state index in [2.05, 4.69) is 9.98 Å². The summed E-state index contributed by atoms with van der Waals surface area (Å²) in [5.41, 5.74) is 6.50. The molecule has 10 nitrogen and oxygen atoms in total. The van der Waals surface area contributed by atoms with Gasteiger partial charge < -0.3 is 19.7 Å². The number of aromatic carboxylic acids is 1. The zero-order valence-corrected chi connectivity index (χ0v) is 23.5. The minimum absolute atomic E-state index is 0.0184. The molecule has 0 spiro atoms. The Morgan fingerprint density at radius 1 is 1.07 bits per heavy atom. The lowest BCUT2D eigenvalue weighted by Crippen LogP contribution is -2.20. The number of amides is 1. The van der Waals surface area contributed by atoms with Crippen LogP contribution in [0.3, 0.4) is 0 Å². The Kier molecular flexibility index (Phi) is 9.38. The molecule has 1 amide bonds. The number of ether oxygens (including phenoxy) is 1. The Balaban J connectivity index is 1.28. The predicted octanol–water partition coefficient (Wildman–Crippen LogP) is 6.48. The molecule has 0 bridgehead atoms. The van der Waals surface area contributed by atoms with Crippen LogP contribution in [0.2, 0.25) is 0 Å². The monoisotopic (exact) mass is 580 g/mol. The Morgan fingerprint density at radius 3 is 2.70 bits per heavy atom. The van der Waals surface area contributed by atoms with Gasteiger partial charge >= 0.3 is 5.97 Å². The molecule has 43 heavy (non-hydrogen) atoms. The van der Waals surface area contributed by atoms with Crippen molar-refractivity contribution in [1.82, 2.24) is 10.5 Å². The zero-order valence-electron chi connectivity index (χ0n) is 23.5. The molecule has 1 unspecified atom stereocenters. The SMILES string of the molecule is N=C1c2cc(-c3cnc(-c4cccc(OCCC(=O)NO)c4)o3)ccc2N=CCCC1CCCc1ccc(C(=O)O)cc1. The number of aryl methyl sites for hydroxylation is 1. The van der Waals surface area contributed by atoms with Gasteiger partial charge in [-0.2, -0.15) is 0 Å². The van der Waals surface area contributed by atoms with Gasteiger partial charge in [0.25, 0.3) is 0 Å². The minimum Gasteiger partial charge on any atom is -0.493 e. The first kappa shape index (κ1) is 29.4. The van der Waals surface area contributed by atoms with Crippen molar-refractivity contribution < 1.29 is 29.1 Å². The average molecular weight is 581 g/mol. The van der Waals surface area contributed by atoms with E-state index in [1.54, 1.807) is 42.0 Å². The second-order valence-corrected chi connectivity index (χ2v) is 10.3. The summed E-state index contributed by atoms with van der Waals surface area (Å²) in [5.74, 6) is 0.110. The molecule has 2 heterocycles. The lowest BCUT2D eigenvalue weighted by atomic mass is 9.86.